The maximum atomic E-state index is 6.10. The van der Waals surface area contributed by atoms with Crippen LogP contribution in [-0.4, -0.2) is 11.1 Å². The van der Waals surface area contributed by atoms with Crippen LogP contribution in [0.5, 0.6) is 0 Å². The van der Waals surface area contributed by atoms with Gasteiger partial charge in [-0.25, -0.2) is 0 Å². The zero-order valence-corrected chi connectivity index (χ0v) is 9.85. The fourth-order valence-electron chi connectivity index (χ4n) is 1.58. The molecule has 14 heavy (non-hydrogen) atoms. The molecule has 0 spiro atoms. The van der Waals surface area contributed by atoms with Gasteiger partial charge in [0.15, 0.2) is 0 Å². The van der Waals surface area contributed by atoms with Crippen molar-refractivity contribution in [2.75, 3.05) is 6.54 Å². The first-order valence-electron chi connectivity index (χ1n) is 4.37. The first-order valence-corrected chi connectivity index (χ1v) is 5.54. The summed E-state index contributed by atoms with van der Waals surface area (Å²) in [6.45, 7) is 1.44. The van der Waals surface area contributed by atoms with Gasteiger partial charge in [0, 0.05) is 29.1 Å². The van der Waals surface area contributed by atoms with Crippen molar-refractivity contribution in [2.24, 2.45) is 5.73 Å². The summed E-state index contributed by atoms with van der Waals surface area (Å²) in [4.78, 5) is 0. The van der Waals surface area contributed by atoms with Crippen molar-refractivity contribution in [3.8, 4) is 0 Å². The number of nitrogens with two attached hydrogens (primary N) is 1. The first-order chi connectivity index (χ1) is 6.74. The van der Waals surface area contributed by atoms with Crippen LogP contribution in [0.4, 0.5) is 0 Å². The minimum Gasteiger partial charge on any atom is -0.345 e. The molecule has 0 saturated carbocycles. The molecule has 0 aliphatic rings. The number of hydrogen-bond acceptors (Lipinski definition) is 1. The second-order valence-electron chi connectivity index (χ2n) is 3.09. The van der Waals surface area contributed by atoms with E-state index >= 15 is 0 Å². The molecule has 0 aliphatic carbocycles. The third-order valence-corrected chi connectivity index (χ3v) is 3.10. The summed E-state index contributed by atoms with van der Waals surface area (Å²) >= 11 is 9.59. The number of fused-ring (bicyclic) bond motifs is 1. The Bertz CT molecular complexity index is 464. The minimum atomic E-state index is 0.628. The van der Waals surface area contributed by atoms with Crippen molar-refractivity contribution in [3.05, 3.63) is 33.9 Å². The summed E-state index contributed by atoms with van der Waals surface area (Å²) in [6.07, 6.45) is 2.02. The van der Waals surface area contributed by atoms with Gasteiger partial charge in [0.25, 0.3) is 0 Å². The Labute approximate surface area is 95.8 Å². The van der Waals surface area contributed by atoms with Crippen molar-refractivity contribution < 1.29 is 0 Å². The number of rotatable bonds is 2. The molecule has 0 aliphatic heterocycles. The van der Waals surface area contributed by atoms with E-state index in [4.69, 9.17) is 17.3 Å². The van der Waals surface area contributed by atoms with Gasteiger partial charge in [-0.1, -0.05) is 17.7 Å². The Hall–Kier alpha value is -0.510. The maximum Gasteiger partial charge on any atom is 0.0511 e. The molecular weight excluding hydrogens is 263 g/mol. The molecule has 2 rings (SSSR count). The molecule has 1 aromatic heterocycles. The van der Waals surface area contributed by atoms with Crippen LogP contribution in [0.3, 0.4) is 0 Å². The average Bonchev–Trinajstić information content (AvgIpc) is 2.46. The fraction of sp³-hybridized carbons (Fsp3) is 0.200. The van der Waals surface area contributed by atoms with Crippen LogP contribution in [-0.2, 0) is 6.54 Å². The van der Waals surface area contributed by atoms with Crippen molar-refractivity contribution in [2.45, 2.75) is 6.54 Å². The lowest BCUT2D eigenvalue weighted by molar-refractivity contribution is 0.734. The predicted molar refractivity (Wildman–Crippen MR) is 63.7 cm³/mol. The molecule has 0 radical (unpaired) electrons. The molecule has 1 heterocycles. The molecule has 2 aromatic rings. The third kappa shape index (κ3) is 1.56. The predicted octanol–water partition coefficient (Wildman–Crippen LogP) is 3.02. The normalized spacial score (nSPS) is 11.1. The molecule has 0 unspecified atom stereocenters. The molecule has 74 valence electrons. The Balaban J connectivity index is 2.71. The molecule has 0 atom stereocenters. The number of halogens is 2. The highest BCUT2D eigenvalue weighted by Gasteiger charge is 2.08. The Kier molecular flexibility index (Phi) is 2.81. The summed E-state index contributed by atoms with van der Waals surface area (Å²) in [5, 5.41) is 1.83. The van der Waals surface area contributed by atoms with E-state index in [9.17, 15) is 0 Å². The van der Waals surface area contributed by atoms with Crippen LogP contribution in [0, 0.1) is 0 Å². The zero-order valence-electron chi connectivity index (χ0n) is 7.50. The first kappa shape index (κ1) is 10.0. The van der Waals surface area contributed by atoms with Crippen LogP contribution < -0.4 is 5.73 Å². The number of benzene rings is 1. The number of nitrogens with zero attached hydrogens (tertiary/aromatic N) is 1. The second kappa shape index (κ2) is 3.93. The highest BCUT2D eigenvalue weighted by molar-refractivity contribution is 9.10. The van der Waals surface area contributed by atoms with Crippen molar-refractivity contribution in [3.63, 3.8) is 0 Å². The van der Waals surface area contributed by atoms with Crippen LogP contribution in [0.1, 0.15) is 0 Å². The van der Waals surface area contributed by atoms with Crippen LogP contribution in [0.15, 0.2) is 28.9 Å². The summed E-state index contributed by atoms with van der Waals surface area (Å²) in [5.41, 5.74) is 6.65. The molecule has 0 bridgehead atoms. The Morgan fingerprint density at radius 1 is 1.43 bits per heavy atom. The van der Waals surface area contributed by atoms with Crippen molar-refractivity contribution >= 4 is 38.4 Å². The van der Waals surface area contributed by atoms with Crippen LogP contribution >= 0.6 is 27.5 Å². The Morgan fingerprint density at radius 2 is 2.21 bits per heavy atom. The highest BCUT2D eigenvalue weighted by Crippen LogP contribution is 2.31. The second-order valence-corrected chi connectivity index (χ2v) is 4.35. The van der Waals surface area contributed by atoms with Crippen molar-refractivity contribution in [1.29, 1.82) is 0 Å². The molecule has 0 saturated heterocycles. The SMILES string of the molecule is NCCn1cc(Br)c2c(Cl)cccc21. The average molecular weight is 274 g/mol. The van der Waals surface area contributed by atoms with E-state index < -0.39 is 0 Å². The summed E-state index contributed by atoms with van der Waals surface area (Å²) in [6, 6.07) is 5.88. The topological polar surface area (TPSA) is 30.9 Å². The van der Waals surface area contributed by atoms with E-state index in [2.05, 4.69) is 20.5 Å². The van der Waals surface area contributed by atoms with Crippen molar-refractivity contribution in [1.82, 2.24) is 4.57 Å². The third-order valence-electron chi connectivity index (χ3n) is 2.18. The van der Waals surface area contributed by atoms with E-state index in [1.807, 2.05) is 24.4 Å². The molecule has 0 fully saturated rings. The van der Waals surface area contributed by atoms with Gasteiger partial charge < -0.3 is 10.3 Å². The van der Waals surface area contributed by atoms with E-state index in [-0.39, 0.29) is 0 Å². The largest absolute Gasteiger partial charge is 0.345 e. The maximum absolute atomic E-state index is 6.10. The van der Waals surface area contributed by atoms with Gasteiger partial charge in [-0.15, -0.1) is 0 Å². The smallest absolute Gasteiger partial charge is 0.0511 e. The monoisotopic (exact) mass is 272 g/mol. The fourth-order valence-corrected chi connectivity index (χ4v) is 2.63. The molecule has 1 aromatic carbocycles. The van der Waals surface area contributed by atoms with Gasteiger partial charge in [0.05, 0.1) is 10.5 Å². The van der Waals surface area contributed by atoms with E-state index in [0.717, 1.165) is 26.9 Å². The lowest BCUT2D eigenvalue weighted by Gasteiger charge is -2.02. The van der Waals surface area contributed by atoms with E-state index in [1.54, 1.807) is 0 Å². The van der Waals surface area contributed by atoms with E-state index in [0.29, 0.717) is 6.54 Å². The van der Waals surface area contributed by atoms with Crippen LogP contribution in [0.2, 0.25) is 5.02 Å². The standard InChI is InChI=1S/C10H10BrClN2/c11-7-6-14(5-4-13)9-3-1-2-8(12)10(7)9/h1-3,6H,4-5,13H2. The van der Waals surface area contributed by atoms with Gasteiger partial charge in [0.1, 0.15) is 0 Å². The van der Waals surface area contributed by atoms with Gasteiger partial charge in [0.2, 0.25) is 0 Å². The highest BCUT2D eigenvalue weighted by atomic mass is 79.9. The summed E-state index contributed by atoms with van der Waals surface area (Å²) in [7, 11) is 0. The molecule has 2 N–H and O–H groups in total. The zero-order chi connectivity index (χ0) is 10.1. The van der Waals surface area contributed by atoms with Gasteiger partial charge in [-0.3, -0.25) is 0 Å². The summed E-state index contributed by atoms with van der Waals surface area (Å²) in [5.74, 6) is 0. The van der Waals surface area contributed by atoms with Crippen LogP contribution in [0.25, 0.3) is 10.9 Å². The number of aromatic nitrogens is 1. The van der Waals surface area contributed by atoms with Gasteiger partial charge >= 0.3 is 0 Å². The quantitative estimate of drug-likeness (QED) is 0.896. The minimum absolute atomic E-state index is 0.628. The van der Waals surface area contributed by atoms with Gasteiger partial charge in [-0.2, -0.15) is 0 Å². The summed E-state index contributed by atoms with van der Waals surface area (Å²) < 4.78 is 3.12. The van der Waals surface area contributed by atoms with E-state index in [1.165, 1.54) is 0 Å². The molecule has 2 nitrogen and oxygen atoms in total. The lowest BCUT2D eigenvalue weighted by atomic mass is 10.2. The Morgan fingerprint density at radius 3 is 2.93 bits per heavy atom. The molecular formula is C10H10BrClN2. The lowest BCUT2D eigenvalue weighted by Crippen LogP contribution is -2.08. The molecule has 0 amide bonds. The number of hydrogen-bond donors (Lipinski definition) is 1. The van der Waals surface area contributed by atoms with Gasteiger partial charge in [-0.05, 0) is 28.1 Å². The molecule has 4 heteroatoms.